The summed E-state index contributed by atoms with van der Waals surface area (Å²) in [5.74, 6) is -1.30. The summed E-state index contributed by atoms with van der Waals surface area (Å²) in [6, 6.07) is 9.51. The Balaban J connectivity index is 1.97. The monoisotopic (exact) mass is 347 g/mol. The molecule has 0 bridgehead atoms. The van der Waals surface area contributed by atoms with Crippen LogP contribution in [0.4, 0.5) is 26.2 Å². The highest BCUT2D eigenvalue weighted by Gasteiger charge is 2.29. The van der Waals surface area contributed by atoms with Crippen molar-refractivity contribution in [3.8, 4) is 5.75 Å². The molecule has 0 radical (unpaired) electrons. The second kappa shape index (κ2) is 7.08. The second-order valence-corrected chi connectivity index (χ2v) is 5.76. The molecule has 0 aliphatic rings. The fourth-order valence-electron chi connectivity index (χ4n) is 1.86. The number of carbonyl (C=O) groups excluding carboxylic acids is 1. The Labute approximate surface area is 143 Å². The molecule has 0 unspecified atom stereocenters. The molecule has 0 aliphatic carbocycles. The zero-order chi connectivity index (χ0) is 18.6. The van der Waals surface area contributed by atoms with Gasteiger partial charge in [0.1, 0.15) is 11.6 Å². The standard InChI is InChI=1S/C17H18FN3O4/c1-17(2,15(22)23)25-12-6-3-10(4-7-12)20-16(24)21-11-5-8-13(18)14(19)9-11/h3-9H,19H2,1-2H3,(H,22,23)(H2,20,21,24). The Morgan fingerprint density at radius 2 is 1.64 bits per heavy atom. The van der Waals surface area contributed by atoms with E-state index < -0.39 is 23.4 Å². The molecule has 2 amide bonds. The van der Waals surface area contributed by atoms with Gasteiger partial charge in [-0.15, -0.1) is 0 Å². The molecule has 0 heterocycles. The van der Waals surface area contributed by atoms with E-state index in [9.17, 15) is 14.0 Å². The molecule has 2 rings (SSSR count). The van der Waals surface area contributed by atoms with Gasteiger partial charge in [-0.2, -0.15) is 0 Å². The van der Waals surface area contributed by atoms with Crippen LogP contribution >= 0.6 is 0 Å². The number of carboxylic acids is 1. The van der Waals surface area contributed by atoms with E-state index in [0.717, 1.165) is 6.07 Å². The van der Waals surface area contributed by atoms with Gasteiger partial charge < -0.3 is 26.2 Å². The van der Waals surface area contributed by atoms with Crippen molar-refractivity contribution in [1.82, 2.24) is 0 Å². The maximum atomic E-state index is 13.1. The van der Waals surface area contributed by atoms with Crippen LogP contribution < -0.4 is 21.1 Å². The van der Waals surface area contributed by atoms with E-state index in [4.69, 9.17) is 15.6 Å². The highest BCUT2D eigenvalue weighted by molar-refractivity contribution is 6.00. The first-order valence-electron chi connectivity index (χ1n) is 7.33. The lowest BCUT2D eigenvalue weighted by Crippen LogP contribution is -2.37. The van der Waals surface area contributed by atoms with Crippen molar-refractivity contribution in [1.29, 1.82) is 0 Å². The maximum absolute atomic E-state index is 13.1. The van der Waals surface area contributed by atoms with Crippen LogP contribution in [0.15, 0.2) is 42.5 Å². The average Bonchev–Trinajstić information content (AvgIpc) is 2.52. The number of anilines is 3. The quantitative estimate of drug-likeness (QED) is 0.620. The topological polar surface area (TPSA) is 114 Å². The van der Waals surface area contributed by atoms with Crippen molar-refractivity contribution in [3.05, 3.63) is 48.3 Å². The molecule has 0 spiro atoms. The summed E-state index contributed by atoms with van der Waals surface area (Å²) in [7, 11) is 0. The number of nitrogens with two attached hydrogens (primary N) is 1. The number of amides is 2. The van der Waals surface area contributed by atoms with Crippen LogP contribution in [0.2, 0.25) is 0 Å². The smallest absolute Gasteiger partial charge is 0.347 e. The largest absolute Gasteiger partial charge is 0.478 e. The molecule has 2 aromatic rings. The number of hydrogen-bond donors (Lipinski definition) is 4. The maximum Gasteiger partial charge on any atom is 0.347 e. The molecule has 0 saturated heterocycles. The number of hydrogen-bond acceptors (Lipinski definition) is 4. The van der Waals surface area contributed by atoms with E-state index in [0.29, 0.717) is 17.1 Å². The van der Waals surface area contributed by atoms with Gasteiger partial charge in [0.25, 0.3) is 0 Å². The van der Waals surface area contributed by atoms with Gasteiger partial charge in [0.05, 0.1) is 5.69 Å². The van der Waals surface area contributed by atoms with Crippen LogP contribution in [0.1, 0.15) is 13.8 Å². The predicted molar refractivity (Wildman–Crippen MR) is 92.2 cm³/mol. The molecule has 8 heteroatoms. The number of urea groups is 1. The Morgan fingerprint density at radius 3 is 2.20 bits per heavy atom. The Bertz CT molecular complexity index is 791. The summed E-state index contributed by atoms with van der Waals surface area (Å²) < 4.78 is 18.5. The van der Waals surface area contributed by atoms with Crippen molar-refractivity contribution >= 4 is 29.1 Å². The van der Waals surface area contributed by atoms with Gasteiger partial charge in [0, 0.05) is 11.4 Å². The predicted octanol–water partition coefficient (Wildman–Crippen LogP) is 3.29. The van der Waals surface area contributed by atoms with Gasteiger partial charge >= 0.3 is 12.0 Å². The van der Waals surface area contributed by atoms with Crippen LogP contribution in [0, 0.1) is 5.82 Å². The molecular formula is C17H18FN3O4. The van der Waals surface area contributed by atoms with Crippen molar-refractivity contribution in [2.45, 2.75) is 19.4 Å². The number of nitrogens with one attached hydrogen (secondary N) is 2. The molecule has 0 fully saturated rings. The summed E-state index contributed by atoms with van der Waals surface area (Å²) in [5, 5.41) is 14.1. The Kier molecular flexibility index (Phi) is 5.11. The molecule has 7 nitrogen and oxygen atoms in total. The first-order valence-corrected chi connectivity index (χ1v) is 7.33. The van der Waals surface area contributed by atoms with Crippen LogP contribution in [0.3, 0.4) is 0 Å². The highest BCUT2D eigenvalue weighted by atomic mass is 19.1. The normalized spacial score (nSPS) is 10.8. The van der Waals surface area contributed by atoms with Crippen LogP contribution in [0.5, 0.6) is 5.75 Å². The third-order valence-corrected chi connectivity index (χ3v) is 3.25. The van der Waals surface area contributed by atoms with E-state index in [1.54, 1.807) is 12.1 Å². The second-order valence-electron chi connectivity index (χ2n) is 5.76. The van der Waals surface area contributed by atoms with Crippen molar-refractivity contribution in [2.75, 3.05) is 16.4 Å². The number of rotatable bonds is 5. The number of halogens is 1. The van der Waals surface area contributed by atoms with Crippen molar-refractivity contribution in [3.63, 3.8) is 0 Å². The van der Waals surface area contributed by atoms with Gasteiger partial charge in [-0.25, -0.2) is 14.0 Å². The summed E-state index contributed by atoms with van der Waals surface area (Å²) in [5.41, 5.74) is 4.81. The number of carbonyl (C=O) groups is 2. The zero-order valence-corrected chi connectivity index (χ0v) is 13.7. The number of benzene rings is 2. The van der Waals surface area contributed by atoms with Crippen LogP contribution in [-0.4, -0.2) is 22.7 Å². The third-order valence-electron chi connectivity index (χ3n) is 3.25. The van der Waals surface area contributed by atoms with E-state index in [2.05, 4.69) is 10.6 Å². The van der Waals surface area contributed by atoms with Gasteiger partial charge in [-0.3, -0.25) is 0 Å². The van der Waals surface area contributed by atoms with E-state index in [-0.39, 0.29) is 5.69 Å². The molecule has 5 N–H and O–H groups in total. The average molecular weight is 347 g/mol. The van der Waals surface area contributed by atoms with Gasteiger partial charge in [0.2, 0.25) is 0 Å². The van der Waals surface area contributed by atoms with Crippen molar-refractivity contribution < 1.29 is 23.8 Å². The summed E-state index contributed by atoms with van der Waals surface area (Å²) in [4.78, 5) is 22.9. The molecule has 132 valence electrons. The molecule has 0 atom stereocenters. The Morgan fingerprint density at radius 1 is 1.08 bits per heavy atom. The lowest BCUT2D eigenvalue weighted by atomic mass is 10.1. The molecule has 2 aromatic carbocycles. The number of carboxylic acid groups (broad SMARTS) is 1. The minimum atomic E-state index is -1.37. The van der Waals surface area contributed by atoms with E-state index in [1.165, 1.54) is 38.1 Å². The first kappa shape index (κ1) is 18.1. The zero-order valence-electron chi connectivity index (χ0n) is 13.7. The fourth-order valence-corrected chi connectivity index (χ4v) is 1.86. The molecular weight excluding hydrogens is 329 g/mol. The lowest BCUT2D eigenvalue weighted by Gasteiger charge is -2.21. The minimum Gasteiger partial charge on any atom is -0.478 e. The molecule has 0 aliphatic heterocycles. The summed E-state index contributed by atoms with van der Waals surface area (Å²) in [6.07, 6.45) is 0. The van der Waals surface area contributed by atoms with Crippen molar-refractivity contribution in [2.24, 2.45) is 0 Å². The minimum absolute atomic E-state index is 0.0691. The third kappa shape index (κ3) is 4.84. The van der Waals surface area contributed by atoms with Gasteiger partial charge in [-0.1, -0.05) is 0 Å². The Hall–Kier alpha value is -3.29. The summed E-state index contributed by atoms with van der Waals surface area (Å²) >= 11 is 0. The van der Waals surface area contributed by atoms with Crippen LogP contribution in [0.25, 0.3) is 0 Å². The van der Waals surface area contributed by atoms with Gasteiger partial charge in [-0.05, 0) is 56.3 Å². The van der Waals surface area contributed by atoms with E-state index in [1.807, 2.05) is 0 Å². The molecule has 0 saturated carbocycles. The molecule has 25 heavy (non-hydrogen) atoms. The number of ether oxygens (including phenoxy) is 1. The fraction of sp³-hybridized carbons (Fsp3) is 0.176. The summed E-state index contributed by atoms with van der Waals surface area (Å²) in [6.45, 7) is 2.87. The van der Waals surface area contributed by atoms with Crippen LogP contribution in [-0.2, 0) is 4.79 Å². The van der Waals surface area contributed by atoms with E-state index >= 15 is 0 Å². The first-order chi connectivity index (χ1) is 11.7. The number of nitrogen functional groups attached to an aromatic ring is 1. The highest BCUT2D eigenvalue weighted by Crippen LogP contribution is 2.21. The number of aliphatic carboxylic acids is 1. The molecule has 0 aromatic heterocycles. The lowest BCUT2D eigenvalue weighted by molar-refractivity contribution is -0.152. The SMILES string of the molecule is CC(C)(Oc1ccc(NC(=O)Nc2ccc(F)c(N)c2)cc1)C(=O)O. The van der Waals surface area contributed by atoms with Gasteiger partial charge in [0.15, 0.2) is 5.60 Å².